The fourth-order valence-corrected chi connectivity index (χ4v) is 6.87. The largest absolute Gasteiger partial charge is 0.484 e. The summed E-state index contributed by atoms with van der Waals surface area (Å²) in [5.74, 6) is -3.94. The van der Waals surface area contributed by atoms with Gasteiger partial charge in [-0.1, -0.05) is 79.4 Å². The Balaban J connectivity index is 1.49. The summed E-state index contributed by atoms with van der Waals surface area (Å²) in [6.07, 6.45) is 0.913. The number of thiophene rings is 1. The molecule has 0 spiro atoms. The van der Waals surface area contributed by atoms with Crippen LogP contribution in [0.4, 0.5) is 0 Å². The van der Waals surface area contributed by atoms with Crippen molar-refractivity contribution in [2.24, 2.45) is 0 Å². The number of hydrogen-bond donors (Lipinski definition) is 6. The average Bonchev–Trinajstić information content (AvgIpc) is 3.74. The molecular formula is C42H45N5O8S. The van der Waals surface area contributed by atoms with Crippen LogP contribution in [0.15, 0.2) is 103 Å². The monoisotopic (exact) mass is 779 g/mol. The number of amides is 5. The van der Waals surface area contributed by atoms with Crippen molar-refractivity contribution >= 4 is 52.4 Å². The zero-order valence-electron chi connectivity index (χ0n) is 30.9. The minimum Gasteiger partial charge on any atom is -0.484 e. The molecule has 4 atom stereocenters. The molecule has 6 N–H and O–H groups in total. The van der Waals surface area contributed by atoms with Crippen LogP contribution in [0.3, 0.4) is 0 Å². The van der Waals surface area contributed by atoms with Gasteiger partial charge in [0.15, 0.2) is 6.61 Å². The lowest BCUT2D eigenvalue weighted by Crippen LogP contribution is -2.58. The number of hydrogen-bond acceptors (Lipinski definition) is 8. The van der Waals surface area contributed by atoms with Crippen LogP contribution in [0.1, 0.15) is 42.2 Å². The molecule has 2 bridgehead atoms. The molecule has 3 heterocycles. The van der Waals surface area contributed by atoms with Crippen LogP contribution in [-0.4, -0.2) is 77.9 Å². The summed E-state index contributed by atoms with van der Waals surface area (Å²) < 4.78 is 5.68. The fourth-order valence-electron chi connectivity index (χ4n) is 6.14. The van der Waals surface area contributed by atoms with Crippen molar-refractivity contribution in [3.63, 3.8) is 0 Å². The first kappa shape index (κ1) is 40.9. The summed E-state index contributed by atoms with van der Waals surface area (Å²) >= 11 is 1.33. The van der Waals surface area contributed by atoms with Crippen LogP contribution in [0.25, 0.3) is 16.7 Å². The third-order valence-corrected chi connectivity index (χ3v) is 10.1. The van der Waals surface area contributed by atoms with Gasteiger partial charge in [-0.05, 0) is 70.7 Å². The first-order valence-corrected chi connectivity index (χ1v) is 19.1. The minimum absolute atomic E-state index is 0.00446. The molecule has 0 saturated heterocycles. The second-order valence-electron chi connectivity index (χ2n) is 13.4. The van der Waals surface area contributed by atoms with E-state index < -0.39 is 60.4 Å². The molecule has 1 aromatic heterocycles. The summed E-state index contributed by atoms with van der Waals surface area (Å²) in [7, 11) is 0. The topological polar surface area (TPSA) is 192 Å². The van der Waals surface area contributed by atoms with E-state index in [9.17, 15) is 33.9 Å². The standard InChI is InChI=1S/C42H45N5O8S/c1-26(36-12-8-22-56-36)38-41(52)45-34(23-28-13-17-31(18-14-28)30-9-4-3-5-10-30)40(51)44-33(11-6-7-21-43-27(2)48)39(50)46-35(42(53)54)24-29-15-19-32(20-16-29)55-25-37(49)47-38/h3-5,8-10,12-20,22,33-35,38H,1,6-7,11,21,23-25H2,2H3,(H,43,48)(H,44,51)(H,45,52)(H,46,50)(H,47,49)(H,53,54). The second kappa shape index (κ2) is 19.9. The number of carbonyl (C=O) groups excluding carboxylic acids is 5. The third kappa shape index (κ3) is 11.9. The number of unbranched alkanes of at least 4 members (excludes halogenated alkanes) is 1. The molecule has 5 amide bonds. The van der Waals surface area contributed by atoms with E-state index in [-0.39, 0.29) is 25.2 Å². The van der Waals surface area contributed by atoms with Gasteiger partial charge < -0.3 is 36.4 Å². The number of carbonyl (C=O) groups is 6. The Hall–Kier alpha value is -6.28. The maximum atomic E-state index is 14.3. The van der Waals surface area contributed by atoms with Crippen molar-refractivity contribution in [2.45, 2.75) is 63.2 Å². The predicted molar refractivity (Wildman–Crippen MR) is 212 cm³/mol. The van der Waals surface area contributed by atoms with Gasteiger partial charge in [-0.2, -0.15) is 0 Å². The summed E-state index contributed by atoms with van der Waals surface area (Å²) in [6.45, 7) is 5.40. The molecule has 6 rings (SSSR count). The number of fused-ring (bicyclic) bond motifs is 16. The Morgan fingerprint density at radius 1 is 0.804 bits per heavy atom. The molecule has 292 valence electrons. The number of carboxylic acid groups (broad SMARTS) is 1. The smallest absolute Gasteiger partial charge is 0.326 e. The summed E-state index contributed by atoms with van der Waals surface area (Å²) in [5.41, 5.74) is 3.50. The highest BCUT2D eigenvalue weighted by atomic mass is 32.1. The van der Waals surface area contributed by atoms with Crippen LogP contribution in [-0.2, 0) is 41.6 Å². The first-order valence-electron chi connectivity index (χ1n) is 18.2. The molecular weight excluding hydrogens is 735 g/mol. The van der Waals surface area contributed by atoms with Crippen molar-refractivity contribution in [1.29, 1.82) is 0 Å². The van der Waals surface area contributed by atoms with E-state index in [0.717, 1.165) is 11.1 Å². The van der Waals surface area contributed by atoms with Crippen molar-refractivity contribution in [2.75, 3.05) is 13.2 Å². The van der Waals surface area contributed by atoms with Crippen LogP contribution in [0, 0.1) is 0 Å². The molecule has 56 heavy (non-hydrogen) atoms. The molecule has 13 nitrogen and oxygen atoms in total. The van der Waals surface area contributed by atoms with E-state index >= 15 is 0 Å². The maximum absolute atomic E-state index is 14.3. The highest BCUT2D eigenvalue weighted by Crippen LogP contribution is 2.23. The van der Waals surface area contributed by atoms with Gasteiger partial charge in [0.05, 0.1) is 0 Å². The molecule has 2 aliphatic heterocycles. The van der Waals surface area contributed by atoms with Crippen LogP contribution >= 0.6 is 11.3 Å². The van der Waals surface area contributed by atoms with Gasteiger partial charge in [0.2, 0.25) is 23.6 Å². The number of benzene rings is 3. The van der Waals surface area contributed by atoms with Gasteiger partial charge in [-0.25, -0.2) is 4.79 Å². The average molecular weight is 780 g/mol. The van der Waals surface area contributed by atoms with Gasteiger partial charge in [0, 0.05) is 31.2 Å². The SMILES string of the molecule is C=C(c1cccs1)C1NC(=O)COc2ccc(cc2)CC(C(=O)O)NC(=O)C(CCCCNC(C)=O)NC(=O)C(Cc2ccc(-c3ccccc3)cc2)NC1=O. The van der Waals surface area contributed by atoms with E-state index in [1.807, 2.05) is 60.0 Å². The predicted octanol–water partition coefficient (Wildman–Crippen LogP) is 3.64. The molecule has 4 aromatic rings. The van der Waals surface area contributed by atoms with E-state index in [1.54, 1.807) is 36.4 Å². The Bertz CT molecular complexity index is 2000. The molecule has 0 aliphatic carbocycles. The van der Waals surface area contributed by atoms with Gasteiger partial charge in [0.25, 0.3) is 5.91 Å². The van der Waals surface area contributed by atoms with Crippen LogP contribution < -0.4 is 31.3 Å². The highest BCUT2D eigenvalue weighted by Gasteiger charge is 2.33. The molecule has 4 unspecified atom stereocenters. The maximum Gasteiger partial charge on any atom is 0.326 e. The minimum atomic E-state index is -1.34. The summed E-state index contributed by atoms with van der Waals surface area (Å²) in [4.78, 5) is 80.0. The van der Waals surface area contributed by atoms with E-state index in [2.05, 4.69) is 33.2 Å². The highest BCUT2D eigenvalue weighted by molar-refractivity contribution is 7.11. The van der Waals surface area contributed by atoms with Gasteiger partial charge in [0.1, 0.15) is 29.9 Å². The van der Waals surface area contributed by atoms with Gasteiger partial charge >= 0.3 is 5.97 Å². The van der Waals surface area contributed by atoms with Crippen molar-refractivity contribution in [3.05, 3.63) is 119 Å². The normalized spacial score (nSPS) is 19.4. The van der Waals surface area contributed by atoms with Crippen LogP contribution in [0.2, 0.25) is 0 Å². The van der Waals surface area contributed by atoms with Crippen molar-refractivity contribution < 1.29 is 38.6 Å². The van der Waals surface area contributed by atoms with E-state index in [4.69, 9.17) is 4.74 Å². The molecule has 2 aliphatic rings. The Labute approximate surface area is 328 Å². The zero-order valence-corrected chi connectivity index (χ0v) is 31.7. The number of rotatable bonds is 11. The van der Waals surface area contributed by atoms with E-state index in [1.165, 1.54) is 18.3 Å². The fraction of sp³-hybridized carbons (Fsp3) is 0.286. The number of ether oxygens (including phenoxy) is 1. The molecule has 3 aromatic carbocycles. The Kier molecular flexibility index (Phi) is 14.5. The Morgan fingerprint density at radius 2 is 1.48 bits per heavy atom. The van der Waals surface area contributed by atoms with E-state index in [0.29, 0.717) is 46.7 Å². The number of aliphatic carboxylic acids is 1. The number of carboxylic acids is 1. The lowest BCUT2D eigenvalue weighted by molar-refractivity contribution is -0.142. The molecule has 14 heteroatoms. The molecule has 0 fully saturated rings. The van der Waals surface area contributed by atoms with Gasteiger partial charge in [-0.3, -0.25) is 24.0 Å². The quantitative estimate of drug-likeness (QED) is 0.0982. The van der Waals surface area contributed by atoms with Crippen molar-refractivity contribution in [1.82, 2.24) is 26.6 Å². The molecule has 0 radical (unpaired) electrons. The second-order valence-corrected chi connectivity index (χ2v) is 14.4. The number of nitrogens with one attached hydrogen (secondary N) is 5. The van der Waals surface area contributed by atoms with Crippen LogP contribution in [0.5, 0.6) is 5.75 Å². The lowest BCUT2D eigenvalue weighted by atomic mass is 9.99. The molecule has 0 saturated carbocycles. The first-order chi connectivity index (χ1) is 27.0. The summed E-state index contributed by atoms with van der Waals surface area (Å²) in [5, 5.41) is 25.4. The third-order valence-electron chi connectivity index (χ3n) is 9.16. The van der Waals surface area contributed by atoms with Crippen molar-refractivity contribution in [3.8, 4) is 16.9 Å². The summed E-state index contributed by atoms with van der Waals surface area (Å²) in [6, 6.07) is 22.1. The zero-order chi connectivity index (χ0) is 40.0. The Morgan fingerprint density at radius 3 is 2.14 bits per heavy atom. The lowest BCUT2D eigenvalue weighted by Gasteiger charge is -2.27. The van der Waals surface area contributed by atoms with Gasteiger partial charge in [-0.15, -0.1) is 11.3 Å².